The number of hydrogen-bond donors (Lipinski definition) is 0. The molecule has 0 saturated carbocycles. The van der Waals surface area contributed by atoms with Gasteiger partial charge in [0.15, 0.2) is 0 Å². The fraction of sp³-hybridized carbons (Fsp3) is 0.500. The quantitative estimate of drug-likeness (QED) is 0.312. The molecular weight excluding hydrogens is 86.5 g/mol. The minimum atomic E-state index is 0.679. The summed E-state index contributed by atoms with van der Waals surface area (Å²) in [6.07, 6.45) is 0. The number of alkyl halides is 1. The van der Waals surface area contributed by atoms with Gasteiger partial charge in [-0.15, -0.1) is 0 Å². The van der Waals surface area contributed by atoms with Gasteiger partial charge < -0.3 is 0 Å². The second-order valence-electron chi connectivity index (χ2n) is 0.443. The number of rotatable bonds is 1. The molecular formula is C2H4AlCl. The molecule has 0 aromatic heterocycles. The molecule has 0 unspecified atom stereocenters. The van der Waals surface area contributed by atoms with E-state index >= 15 is 0 Å². The van der Waals surface area contributed by atoms with Crippen LogP contribution in [0.1, 0.15) is 0 Å². The zero-order valence-corrected chi connectivity index (χ0v) is 4.54. The zero-order valence-electron chi connectivity index (χ0n) is 2.37. The SMILES string of the molecule is [AlH]=[CH]CCl. The van der Waals surface area contributed by atoms with Gasteiger partial charge in [0.25, 0.3) is 0 Å². The van der Waals surface area contributed by atoms with E-state index in [9.17, 15) is 0 Å². The van der Waals surface area contributed by atoms with E-state index < -0.39 is 0 Å². The van der Waals surface area contributed by atoms with E-state index in [1.165, 1.54) is 0 Å². The van der Waals surface area contributed by atoms with Gasteiger partial charge >= 0.3 is 38.2 Å². The van der Waals surface area contributed by atoms with Crippen LogP contribution in [0.3, 0.4) is 0 Å². The van der Waals surface area contributed by atoms with E-state index in [4.69, 9.17) is 11.6 Å². The standard InChI is InChI=1S/C2H3Cl.Al.H/c1-2-3;;/h1H,2H2;;. The molecule has 0 fully saturated rings. The average Bonchev–Trinajstić information content (AvgIpc) is 1.37. The summed E-state index contributed by atoms with van der Waals surface area (Å²) in [7, 11) is 0. The van der Waals surface area contributed by atoms with Crippen LogP contribution in [0.5, 0.6) is 0 Å². The summed E-state index contributed by atoms with van der Waals surface area (Å²) < 4.78 is 0. The molecule has 0 amide bonds. The zero-order chi connectivity index (χ0) is 3.41. The van der Waals surface area contributed by atoms with Crippen LogP contribution in [0.15, 0.2) is 0 Å². The van der Waals surface area contributed by atoms with Crippen molar-refractivity contribution in [1.82, 2.24) is 0 Å². The molecule has 0 rings (SSSR count). The van der Waals surface area contributed by atoms with Crippen molar-refractivity contribution in [1.29, 1.82) is 0 Å². The minimum absolute atomic E-state index is 0.679. The maximum absolute atomic E-state index is 5.14. The molecule has 0 aliphatic heterocycles. The average molecular weight is 90.5 g/mol. The van der Waals surface area contributed by atoms with Crippen LogP contribution in [0, 0.1) is 0 Å². The molecule has 0 aliphatic carbocycles. The summed E-state index contributed by atoms with van der Waals surface area (Å²) in [6, 6.07) is 0. The molecule has 22 valence electrons. The van der Waals surface area contributed by atoms with E-state index in [2.05, 4.69) is 0 Å². The summed E-state index contributed by atoms with van der Waals surface area (Å²) in [5, 5.41) is 0. The Bertz CT molecular complexity index is 20.0. The molecule has 0 bridgehead atoms. The Kier molecular flexibility index (Phi) is 4.33. The molecule has 4 heavy (non-hydrogen) atoms. The van der Waals surface area contributed by atoms with Crippen LogP contribution in [0.25, 0.3) is 0 Å². The second-order valence-corrected chi connectivity index (χ2v) is 1.33. The van der Waals surface area contributed by atoms with Crippen molar-refractivity contribution in [2.24, 2.45) is 0 Å². The van der Waals surface area contributed by atoms with Gasteiger partial charge in [-0.2, -0.15) is 0 Å². The first-order valence-corrected chi connectivity index (χ1v) is 2.43. The van der Waals surface area contributed by atoms with Crippen molar-refractivity contribution in [2.75, 3.05) is 5.88 Å². The van der Waals surface area contributed by atoms with Gasteiger partial charge in [-0.3, -0.25) is 0 Å². The third kappa shape index (κ3) is 2.69. The molecule has 0 atom stereocenters. The Labute approximate surface area is 38.7 Å². The maximum atomic E-state index is 5.14. The first-order chi connectivity index (χ1) is 1.91. The molecule has 0 N–H and O–H groups in total. The molecule has 0 aromatic rings. The van der Waals surface area contributed by atoms with Crippen LogP contribution in [0.4, 0.5) is 0 Å². The predicted octanol–water partition coefficient (Wildman–Crippen LogP) is -0.0718. The van der Waals surface area contributed by atoms with Crippen LogP contribution in [0.2, 0.25) is 0 Å². The molecule has 2 heteroatoms. The Morgan fingerprint density at radius 3 is 2.25 bits per heavy atom. The molecule has 0 aliphatic rings. The topological polar surface area (TPSA) is 0 Å². The van der Waals surface area contributed by atoms with Crippen molar-refractivity contribution in [3.05, 3.63) is 0 Å². The van der Waals surface area contributed by atoms with Gasteiger partial charge in [-0.05, 0) is 0 Å². The van der Waals surface area contributed by atoms with Gasteiger partial charge in [0.2, 0.25) is 0 Å². The summed E-state index contributed by atoms with van der Waals surface area (Å²) >= 11 is 6.90. The van der Waals surface area contributed by atoms with Crippen molar-refractivity contribution in [3.63, 3.8) is 0 Å². The summed E-state index contributed by atoms with van der Waals surface area (Å²) in [6.45, 7) is 0. The number of hydrogen-bond acceptors (Lipinski definition) is 0. The van der Waals surface area contributed by atoms with E-state index in [1.54, 1.807) is 15.9 Å². The monoisotopic (exact) mass is 90.0 g/mol. The fourth-order valence-electron chi connectivity index (χ4n) is 0. The van der Waals surface area contributed by atoms with Crippen LogP contribution < -0.4 is 0 Å². The summed E-state index contributed by atoms with van der Waals surface area (Å²) in [5.74, 6) is 0.679. The molecule has 0 spiro atoms. The third-order valence-corrected chi connectivity index (χ3v) is 0.982. The van der Waals surface area contributed by atoms with Crippen LogP contribution >= 0.6 is 11.6 Å². The first kappa shape index (κ1) is 4.69. The van der Waals surface area contributed by atoms with Crippen LogP contribution in [-0.4, -0.2) is 26.6 Å². The van der Waals surface area contributed by atoms with Crippen LogP contribution in [-0.2, 0) is 0 Å². The van der Waals surface area contributed by atoms with E-state index in [0.717, 1.165) is 0 Å². The number of halogens is 1. The van der Waals surface area contributed by atoms with Gasteiger partial charge in [0, 0.05) is 0 Å². The Morgan fingerprint density at radius 2 is 2.25 bits per heavy atom. The van der Waals surface area contributed by atoms with Crippen molar-refractivity contribution >= 4 is 32.3 Å². The molecule has 0 nitrogen and oxygen atoms in total. The predicted molar refractivity (Wildman–Crippen MR) is 23.9 cm³/mol. The van der Waals surface area contributed by atoms with E-state index in [1.807, 2.05) is 4.88 Å². The van der Waals surface area contributed by atoms with Crippen molar-refractivity contribution in [3.8, 4) is 0 Å². The Hall–Kier alpha value is 0.692. The van der Waals surface area contributed by atoms with E-state index in [-0.39, 0.29) is 0 Å². The van der Waals surface area contributed by atoms with E-state index in [0.29, 0.717) is 5.88 Å². The normalized spacial score (nSPS) is 6.00. The van der Waals surface area contributed by atoms with Gasteiger partial charge in [-0.25, -0.2) is 0 Å². The van der Waals surface area contributed by atoms with Gasteiger partial charge in [0.05, 0.1) is 0 Å². The molecule has 0 radical (unpaired) electrons. The molecule has 0 heterocycles. The summed E-state index contributed by atoms with van der Waals surface area (Å²) in [5.41, 5.74) is 0. The van der Waals surface area contributed by atoms with Gasteiger partial charge in [-0.1, -0.05) is 0 Å². The summed E-state index contributed by atoms with van der Waals surface area (Å²) in [4.78, 5) is 1.92. The van der Waals surface area contributed by atoms with Crippen molar-refractivity contribution in [2.45, 2.75) is 0 Å². The Morgan fingerprint density at radius 1 is 2.00 bits per heavy atom. The second kappa shape index (κ2) is 3.69. The van der Waals surface area contributed by atoms with Gasteiger partial charge in [0.1, 0.15) is 0 Å². The molecule has 0 aromatic carbocycles. The Balaban J connectivity index is 2.30. The van der Waals surface area contributed by atoms with Crippen molar-refractivity contribution < 1.29 is 0 Å². The fourth-order valence-corrected chi connectivity index (χ4v) is 0. The first-order valence-electron chi connectivity index (χ1n) is 1.08. The molecule has 0 saturated heterocycles. The third-order valence-electron chi connectivity index (χ3n) is 0.109.